The summed E-state index contributed by atoms with van der Waals surface area (Å²) in [6.07, 6.45) is 1.99. The fraction of sp³-hybridized carbons (Fsp3) is 0.625. The summed E-state index contributed by atoms with van der Waals surface area (Å²) in [5.41, 5.74) is 8.37. The third kappa shape index (κ3) is 2.17. The van der Waals surface area contributed by atoms with Crippen LogP contribution in [0.5, 0.6) is 0 Å². The van der Waals surface area contributed by atoms with E-state index in [0.717, 1.165) is 12.8 Å². The number of hydrogen-bond acceptors (Lipinski definition) is 0. The highest BCUT2D eigenvalue weighted by atomic mass is 14.3. The molecule has 0 bridgehead atoms. The third-order valence-corrected chi connectivity index (χ3v) is 4.76. The topological polar surface area (TPSA) is 0 Å². The second-order valence-electron chi connectivity index (χ2n) is 5.36. The second-order valence-corrected chi connectivity index (χ2v) is 5.36. The second kappa shape index (κ2) is 4.88. The van der Waals surface area contributed by atoms with E-state index in [1.807, 2.05) is 0 Å². The van der Waals surface area contributed by atoms with Crippen LogP contribution < -0.4 is 0 Å². The Hall–Kier alpha value is -0.715. The summed E-state index contributed by atoms with van der Waals surface area (Å²) in [4.78, 5) is 0. The van der Waals surface area contributed by atoms with Crippen LogP contribution in [0.25, 0.3) is 0 Å². The van der Waals surface area contributed by atoms with Gasteiger partial charge in [-0.2, -0.15) is 0 Å². The molecule has 0 aliphatic rings. The third-order valence-electron chi connectivity index (χ3n) is 4.76. The van der Waals surface area contributed by atoms with Gasteiger partial charge in [0, 0.05) is 0 Å². The fourth-order valence-electron chi connectivity index (χ4n) is 2.85. The van der Waals surface area contributed by atoms with Gasteiger partial charge in [0.05, 0.1) is 7.85 Å². The van der Waals surface area contributed by atoms with Gasteiger partial charge in [0.25, 0.3) is 0 Å². The van der Waals surface area contributed by atoms with Crippen molar-refractivity contribution in [1.82, 2.24) is 0 Å². The summed E-state index contributed by atoms with van der Waals surface area (Å²) in [5.74, 6) is 0. The Bertz CT molecular complexity index is 397. The molecule has 0 unspecified atom stereocenters. The average Bonchev–Trinajstić information content (AvgIpc) is 2.33. The molecule has 17 heavy (non-hydrogen) atoms. The molecule has 0 saturated heterocycles. The number of benzene rings is 1. The molecule has 0 nitrogen and oxygen atoms in total. The monoisotopic (exact) mass is 228 g/mol. The molecule has 2 radical (unpaired) electrons. The quantitative estimate of drug-likeness (QED) is 0.672. The van der Waals surface area contributed by atoms with Gasteiger partial charge in [-0.05, 0) is 73.3 Å². The predicted molar refractivity (Wildman–Crippen MR) is 78.1 cm³/mol. The van der Waals surface area contributed by atoms with E-state index in [1.54, 1.807) is 0 Å². The van der Waals surface area contributed by atoms with Crippen molar-refractivity contribution < 1.29 is 0 Å². The Kier molecular flexibility index (Phi) is 4.12. The molecule has 1 rings (SSSR count). The van der Waals surface area contributed by atoms with Gasteiger partial charge in [0.1, 0.15) is 0 Å². The van der Waals surface area contributed by atoms with Crippen molar-refractivity contribution in [2.45, 2.75) is 66.6 Å². The van der Waals surface area contributed by atoms with Gasteiger partial charge in [-0.15, -0.1) is 0 Å². The maximum atomic E-state index is 6.61. The summed E-state index contributed by atoms with van der Waals surface area (Å²) in [6, 6.07) is 0. The first-order valence-corrected chi connectivity index (χ1v) is 6.66. The average molecular weight is 228 g/mol. The minimum Gasteiger partial charge on any atom is -0.0653 e. The molecule has 0 N–H and O–H groups in total. The summed E-state index contributed by atoms with van der Waals surface area (Å²) in [5, 5.41) is -0.169. The predicted octanol–water partition coefficient (Wildman–Crippen LogP) is 4.41. The van der Waals surface area contributed by atoms with Crippen molar-refractivity contribution in [1.29, 1.82) is 0 Å². The molecule has 0 spiro atoms. The zero-order valence-electron chi connectivity index (χ0n) is 12.5. The smallest absolute Gasteiger partial charge is 0.0653 e. The van der Waals surface area contributed by atoms with Gasteiger partial charge in [0.15, 0.2) is 0 Å². The lowest BCUT2D eigenvalue weighted by molar-refractivity contribution is 0.557. The van der Waals surface area contributed by atoms with Crippen LogP contribution in [0.15, 0.2) is 0 Å². The van der Waals surface area contributed by atoms with Gasteiger partial charge in [-0.1, -0.05) is 26.7 Å². The van der Waals surface area contributed by atoms with Crippen LogP contribution in [0.1, 0.15) is 60.1 Å². The summed E-state index contributed by atoms with van der Waals surface area (Å²) >= 11 is 0. The molecule has 92 valence electrons. The minimum atomic E-state index is -0.169. The fourth-order valence-corrected chi connectivity index (χ4v) is 2.85. The standard InChI is InChI=1S/C16H25B/c1-8-16(17,9-2)15-13(6)11(4)10(3)12(5)14(15)7/h8-9H2,1-7H3. The highest BCUT2D eigenvalue weighted by molar-refractivity contribution is 6.16. The summed E-state index contributed by atoms with van der Waals surface area (Å²) in [7, 11) is 6.61. The minimum absolute atomic E-state index is 0.169. The van der Waals surface area contributed by atoms with Crippen LogP contribution in [0.4, 0.5) is 0 Å². The lowest BCUT2D eigenvalue weighted by atomic mass is 9.58. The molecule has 0 amide bonds. The van der Waals surface area contributed by atoms with E-state index in [9.17, 15) is 0 Å². The van der Waals surface area contributed by atoms with Gasteiger partial charge >= 0.3 is 0 Å². The molecule has 0 atom stereocenters. The van der Waals surface area contributed by atoms with E-state index in [2.05, 4.69) is 48.5 Å². The summed E-state index contributed by atoms with van der Waals surface area (Å²) in [6.45, 7) is 15.5. The molecule has 0 heterocycles. The molecule has 0 aliphatic heterocycles. The first-order chi connectivity index (χ1) is 7.80. The van der Waals surface area contributed by atoms with Crippen LogP contribution in [-0.4, -0.2) is 7.85 Å². The Labute approximate surface area is 108 Å². The number of rotatable bonds is 3. The number of hydrogen-bond donors (Lipinski definition) is 0. The molecular formula is C16H25B. The maximum Gasteiger partial charge on any atom is 0.0810 e. The largest absolute Gasteiger partial charge is 0.0810 e. The van der Waals surface area contributed by atoms with E-state index in [4.69, 9.17) is 7.85 Å². The highest BCUT2D eigenvalue weighted by Crippen LogP contribution is 2.37. The van der Waals surface area contributed by atoms with E-state index in [-0.39, 0.29) is 5.31 Å². The molecule has 1 aromatic carbocycles. The molecule has 1 aromatic rings. The van der Waals surface area contributed by atoms with Crippen LogP contribution in [0.2, 0.25) is 0 Å². The van der Waals surface area contributed by atoms with Crippen molar-refractivity contribution in [3.8, 4) is 0 Å². The highest BCUT2D eigenvalue weighted by Gasteiger charge is 2.27. The van der Waals surface area contributed by atoms with Crippen LogP contribution >= 0.6 is 0 Å². The first-order valence-electron chi connectivity index (χ1n) is 6.66. The molecule has 0 fully saturated rings. The lowest BCUT2D eigenvalue weighted by Crippen LogP contribution is -2.28. The van der Waals surface area contributed by atoms with Crippen molar-refractivity contribution >= 4 is 7.85 Å². The zero-order chi connectivity index (χ0) is 13.4. The zero-order valence-corrected chi connectivity index (χ0v) is 12.5. The van der Waals surface area contributed by atoms with Crippen LogP contribution in [0, 0.1) is 34.6 Å². The molecule has 0 saturated carbocycles. The Morgan fingerprint density at radius 3 is 1.29 bits per heavy atom. The Balaban J connectivity index is 3.65. The van der Waals surface area contributed by atoms with Gasteiger partial charge in [0.2, 0.25) is 0 Å². The van der Waals surface area contributed by atoms with Crippen molar-refractivity contribution in [2.75, 3.05) is 0 Å². The Morgan fingerprint density at radius 1 is 0.706 bits per heavy atom. The normalized spacial score (nSPS) is 11.9. The van der Waals surface area contributed by atoms with Crippen molar-refractivity contribution in [3.63, 3.8) is 0 Å². The first kappa shape index (κ1) is 14.3. The Morgan fingerprint density at radius 2 is 1.00 bits per heavy atom. The molecule has 0 aromatic heterocycles. The van der Waals surface area contributed by atoms with Crippen molar-refractivity contribution in [3.05, 3.63) is 33.4 Å². The van der Waals surface area contributed by atoms with E-state index >= 15 is 0 Å². The van der Waals surface area contributed by atoms with Crippen LogP contribution in [-0.2, 0) is 5.31 Å². The van der Waals surface area contributed by atoms with Gasteiger partial charge in [-0.3, -0.25) is 0 Å². The maximum absolute atomic E-state index is 6.61. The summed E-state index contributed by atoms with van der Waals surface area (Å²) < 4.78 is 0. The van der Waals surface area contributed by atoms with E-state index in [0.29, 0.717) is 0 Å². The van der Waals surface area contributed by atoms with Crippen LogP contribution in [0.3, 0.4) is 0 Å². The van der Waals surface area contributed by atoms with Crippen molar-refractivity contribution in [2.24, 2.45) is 0 Å². The van der Waals surface area contributed by atoms with E-state index < -0.39 is 0 Å². The van der Waals surface area contributed by atoms with E-state index in [1.165, 1.54) is 33.4 Å². The molecule has 1 heteroatoms. The molecular weight excluding hydrogens is 203 g/mol. The lowest BCUT2D eigenvalue weighted by Gasteiger charge is -2.34. The van der Waals surface area contributed by atoms with Gasteiger partial charge in [-0.25, -0.2) is 0 Å². The SMILES string of the molecule is [B]C(CC)(CC)c1c(C)c(C)c(C)c(C)c1C. The van der Waals surface area contributed by atoms with Gasteiger partial charge < -0.3 is 0 Å². The molecule has 0 aliphatic carbocycles.